The maximum absolute atomic E-state index is 12.9. The lowest BCUT2D eigenvalue weighted by molar-refractivity contribution is -0.146. The van der Waals surface area contributed by atoms with Crippen LogP contribution in [0.4, 0.5) is 18.9 Å². The standard InChI is InChI=1S/C15H12Cl2F3N3O4S/c1-3-27-13(24)14(7-21)11(28(2,25)26)6-23(22-14)12-9(16)4-8(5-10(12)17)15(18,19)20/h4-6,22H,3H2,1-2H3. The molecule has 1 N–H and O–H groups in total. The van der Waals surface area contributed by atoms with Crippen LogP contribution >= 0.6 is 23.2 Å². The molecule has 1 aromatic rings. The Morgan fingerprint density at radius 3 is 2.29 bits per heavy atom. The number of sulfone groups is 1. The number of carbonyl (C=O) groups excluding carboxylic acids is 1. The molecule has 0 aliphatic carbocycles. The summed E-state index contributed by atoms with van der Waals surface area (Å²) in [6.45, 7) is 1.30. The minimum Gasteiger partial charge on any atom is -0.463 e. The summed E-state index contributed by atoms with van der Waals surface area (Å²) < 4.78 is 67.8. The zero-order chi connectivity index (χ0) is 21.5. The highest BCUT2D eigenvalue weighted by Crippen LogP contribution is 2.42. The summed E-state index contributed by atoms with van der Waals surface area (Å²) in [6, 6.07) is 2.71. The molecular formula is C15H12Cl2F3N3O4S. The fraction of sp³-hybridized carbons (Fsp3) is 0.333. The van der Waals surface area contributed by atoms with Gasteiger partial charge in [-0.3, -0.25) is 5.01 Å². The monoisotopic (exact) mass is 457 g/mol. The molecule has 1 atom stereocenters. The van der Waals surface area contributed by atoms with E-state index < -0.39 is 48.0 Å². The topological polar surface area (TPSA) is 99.5 Å². The molecule has 2 rings (SSSR count). The Morgan fingerprint density at radius 2 is 1.89 bits per heavy atom. The molecule has 152 valence electrons. The molecule has 0 bridgehead atoms. The number of ether oxygens (including phenoxy) is 1. The number of hydrogen-bond donors (Lipinski definition) is 1. The minimum atomic E-state index is -4.72. The lowest BCUT2D eigenvalue weighted by atomic mass is 10.0. The molecule has 7 nitrogen and oxygen atoms in total. The fourth-order valence-corrected chi connectivity index (χ4v) is 4.14. The van der Waals surface area contributed by atoms with E-state index in [1.807, 2.05) is 0 Å². The van der Waals surface area contributed by atoms with Gasteiger partial charge in [0.25, 0.3) is 5.54 Å². The average molecular weight is 458 g/mol. The quantitative estimate of drug-likeness (QED) is 0.693. The van der Waals surface area contributed by atoms with Gasteiger partial charge in [-0.15, -0.1) is 0 Å². The van der Waals surface area contributed by atoms with Gasteiger partial charge < -0.3 is 4.74 Å². The Bertz CT molecular complexity index is 982. The van der Waals surface area contributed by atoms with E-state index in [0.717, 1.165) is 17.5 Å². The second-order valence-corrected chi connectivity index (χ2v) is 8.41. The Labute approximate surface area is 168 Å². The first-order valence-electron chi connectivity index (χ1n) is 7.42. The molecule has 0 amide bonds. The van der Waals surface area contributed by atoms with Crippen molar-refractivity contribution in [3.8, 4) is 6.07 Å². The van der Waals surface area contributed by atoms with Gasteiger partial charge in [0.05, 0.1) is 27.9 Å². The van der Waals surface area contributed by atoms with Gasteiger partial charge in [0.2, 0.25) is 0 Å². The lowest BCUT2D eigenvalue weighted by Gasteiger charge is -2.26. The van der Waals surface area contributed by atoms with Crippen LogP contribution in [0.2, 0.25) is 10.0 Å². The third-order valence-electron chi connectivity index (χ3n) is 3.64. The van der Waals surface area contributed by atoms with Crippen LogP contribution in [0.15, 0.2) is 23.2 Å². The van der Waals surface area contributed by atoms with E-state index in [1.165, 1.54) is 6.92 Å². The maximum Gasteiger partial charge on any atom is 0.416 e. The summed E-state index contributed by atoms with van der Waals surface area (Å²) in [5.41, 5.74) is -1.54. The van der Waals surface area contributed by atoms with Gasteiger partial charge in [0.15, 0.2) is 9.84 Å². The van der Waals surface area contributed by atoms with Crippen LogP contribution in [0, 0.1) is 11.3 Å². The summed E-state index contributed by atoms with van der Waals surface area (Å²) in [6.07, 6.45) is -3.12. The number of hydrogen-bond acceptors (Lipinski definition) is 7. The van der Waals surface area contributed by atoms with Gasteiger partial charge in [-0.1, -0.05) is 23.2 Å². The van der Waals surface area contributed by atoms with E-state index in [9.17, 15) is 31.6 Å². The molecule has 1 unspecified atom stereocenters. The van der Waals surface area contributed by atoms with Crippen LogP contribution in [0.3, 0.4) is 0 Å². The van der Waals surface area contributed by atoms with Crippen LogP contribution in [0.5, 0.6) is 0 Å². The lowest BCUT2D eigenvalue weighted by Crippen LogP contribution is -2.55. The van der Waals surface area contributed by atoms with Crippen molar-refractivity contribution >= 4 is 44.7 Å². The van der Waals surface area contributed by atoms with E-state index in [2.05, 4.69) is 5.43 Å². The first kappa shape index (κ1) is 22.3. The molecule has 28 heavy (non-hydrogen) atoms. The van der Waals surface area contributed by atoms with Gasteiger partial charge in [-0.05, 0) is 19.1 Å². The van der Waals surface area contributed by atoms with Crippen LogP contribution in [0.1, 0.15) is 12.5 Å². The fourth-order valence-electron chi connectivity index (χ4n) is 2.45. The molecule has 0 fully saturated rings. The molecule has 1 heterocycles. The molecule has 0 spiro atoms. The van der Waals surface area contributed by atoms with Crippen molar-refractivity contribution in [1.82, 2.24) is 5.43 Å². The van der Waals surface area contributed by atoms with Crippen molar-refractivity contribution in [3.05, 3.63) is 38.8 Å². The highest BCUT2D eigenvalue weighted by molar-refractivity contribution is 7.94. The van der Waals surface area contributed by atoms with Crippen LogP contribution < -0.4 is 10.4 Å². The Hall–Kier alpha value is -2.00. The van der Waals surface area contributed by atoms with Crippen LogP contribution in [-0.4, -0.2) is 32.8 Å². The van der Waals surface area contributed by atoms with E-state index in [4.69, 9.17) is 27.9 Å². The number of benzene rings is 1. The van der Waals surface area contributed by atoms with Crippen LogP contribution in [-0.2, 0) is 25.5 Å². The summed E-state index contributed by atoms with van der Waals surface area (Å²) in [7, 11) is -4.12. The second kappa shape index (κ2) is 7.44. The molecule has 0 saturated carbocycles. The van der Waals surface area contributed by atoms with E-state index in [1.54, 1.807) is 6.07 Å². The number of hydrazine groups is 1. The maximum atomic E-state index is 12.9. The third kappa shape index (κ3) is 3.91. The summed E-state index contributed by atoms with van der Waals surface area (Å²) in [5.74, 6) is -1.21. The molecule has 1 aliphatic heterocycles. The van der Waals surface area contributed by atoms with Gasteiger partial charge in [-0.2, -0.15) is 23.9 Å². The molecule has 1 aliphatic rings. The third-order valence-corrected chi connectivity index (χ3v) is 5.42. The smallest absolute Gasteiger partial charge is 0.416 e. The highest BCUT2D eigenvalue weighted by atomic mass is 35.5. The Morgan fingerprint density at radius 1 is 1.36 bits per heavy atom. The molecule has 0 saturated heterocycles. The number of anilines is 1. The van der Waals surface area contributed by atoms with Gasteiger partial charge in [-0.25, -0.2) is 13.2 Å². The number of carbonyl (C=O) groups is 1. The molecule has 0 aromatic heterocycles. The first-order chi connectivity index (χ1) is 12.8. The number of esters is 1. The number of alkyl halides is 3. The second-order valence-electron chi connectivity index (χ2n) is 5.62. The predicted molar refractivity (Wildman–Crippen MR) is 95.0 cm³/mol. The summed E-state index contributed by atoms with van der Waals surface area (Å²) in [5, 5.41) is 9.36. The summed E-state index contributed by atoms with van der Waals surface area (Å²) in [4.78, 5) is 11.7. The largest absolute Gasteiger partial charge is 0.463 e. The van der Waals surface area contributed by atoms with E-state index >= 15 is 0 Å². The number of nitrogens with zero attached hydrogens (tertiary/aromatic N) is 2. The highest BCUT2D eigenvalue weighted by Gasteiger charge is 2.54. The van der Waals surface area contributed by atoms with Crippen molar-refractivity contribution in [2.75, 3.05) is 17.9 Å². The number of halogens is 5. The number of nitrogens with one attached hydrogen (secondary N) is 1. The van der Waals surface area contributed by atoms with Crippen molar-refractivity contribution in [3.63, 3.8) is 0 Å². The van der Waals surface area contributed by atoms with E-state index in [0.29, 0.717) is 12.1 Å². The van der Waals surface area contributed by atoms with Crippen molar-refractivity contribution in [2.24, 2.45) is 0 Å². The van der Waals surface area contributed by atoms with Crippen LogP contribution in [0.25, 0.3) is 0 Å². The molecule has 13 heteroatoms. The zero-order valence-corrected chi connectivity index (χ0v) is 16.6. The average Bonchev–Trinajstić information content (AvgIpc) is 2.94. The Kier molecular flexibility index (Phi) is 5.92. The molecular weight excluding hydrogens is 446 g/mol. The van der Waals surface area contributed by atoms with Gasteiger partial charge in [0.1, 0.15) is 11.0 Å². The van der Waals surface area contributed by atoms with Crippen molar-refractivity contribution < 1.29 is 31.1 Å². The SMILES string of the molecule is CCOC(=O)C1(C#N)NN(c2c(Cl)cc(C(F)(F)F)cc2Cl)C=C1S(C)(=O)=O. The molecule has 0 radical (unpaired) electrons. The van der Waals surface area contributed by atoms with Crippen molar-refractivity contribution in [1.29, 1.82) is 5.26 Å². The Balaban J connectivity index is 2.66. The van der Waals surface area contributed by atoms with Crippen molar-refractivity contribution in [2.45, 2.75) is 18.6 Å². The zero-order valence-electron chi connectivity index (χ0n) is 14.3. The number of nitriles is 1. The number of rotatable bonds is 4. The van der Waals surface area contributed by atoms with Gasteiger partial charge >= 0.3 is 12.1 Å². The molecule has 1 aromatic carbocycles. The predicted octanol–water partition coefficient (Wildman–Crippen LogP) is 3.05. The first-order valence-corrected chi connectivity index (χ1v) is 10.1. The normalized spacial score (nSPS) is 19.9. The van der Waals surface area contributed by atoms with Gasteiger partial charge in [0, 0.05) is 12.5 Å². The van der Waals surface area contributed by atoms with E-state index in [-0.39, 0.29) is 12.3 Å². The summed E-state index contributed by atoms with van der Waals surface area (Å²) >= 11 is 11.8. The minimum absolute atomic E-state index is 0.150.